The Morgan fingerprint density at radius 2 is 1.94 bits per heavy atom. The molecule has 4 rings (SSSR count). The Balaban J connectivity index is 1.56. The van der Waals surface area contributed by atoms with E-state index in [4.69, 9.17) is 9.84 Å². The van der Waals surface area contributed by atoms with E-state index < -0.39 is 11.7 Å². The smallest absolute Gasteiger partial charge is 0.407 e. The predicted octanol–water partition coefficient (Wildman–Crippen LogP) is 4.19. The average molecular weight is 439 g/mol. The zero-order valence-electron chi connectivity index (χ0n) is 19.6. The Kier molecular flexibility index (Phi) is 6.26. The van der Waals surface area contributed by atoms with Gasteiger partial charge in [0.1, 0.15) is 5.60 Å². The van der Waals surface area contributed by atoms with Crippen molar-refractivity contribution in [3.63, 3.8) is 0 Å². The fraction of sp³-hybridized carbons (Fsp3) is 0.560. The highest BCUT2D eigenvalue weighted by Gasteiger charge is 2.34. The van der Waals surface area contributed by atoms with Gasteiger partial charge in [0, 0.05) is 30.4 Å². The summed E-state index contributed by atoms with van der Waals surface area (Å²) in [5.41, 5.74) is 4.44. The number of carbonyl (C=O) groups is 2. The van der Waals surface area contributed by atoms with Crippen LogP contribution in [0.3, 0.4) is 0 Å². The lowest BCUT2D eigenvalue weighted by Crippen LogP contribution is -2.50. The third-order valence-electron chi connectivity index (χ3n) is 6.25. The van der Waals surface area contributed by atoms with E-state index in [9.17, 15) is 9.59 Å². The van der Waals surface area contributed by atoms with Crippen molar-refractivity contribution in [3.8, 4) is 5.69 Å². The van der Waals surface area contributed by atoms with Gasteiger partial charge in [-0.25, -0.2) is 9.48 Å². The summed E-state index contributed by atoms with van der Waals surface area (Å²) in [6.07, 6.45) is 5.30. The van der Waals surface area contributed by atoms with E-state index in [1.807, 2.05) is 42.5 Å². The first-order valence-corrected chi connectivity index (χ1v) is 11.7. The zero-order chi connectivity index (χ0) is 22.9. The van der Waals surface area contributed by atoms with Crippen LogP contribution in [0.15, 0.2) is 24.3 Å². The molecule has 0 bridgehead atoms. The van der Waals surface area contributed by atoms with Crippen molar-refractivity contribution in [2.75, 3.05) is 13.1 Å². The second kappa shape index (κ2) is 8.96. The summed E-state index contributed by atoms with van der Waals surface area (Å²) < 4.78 is 7.34. The van der Waals surface area contributed by atoms with E-state index in [2.05, 4.69) is 24.4 Å². The van der Waals surface area contributed by atoms with Crippen molar-refractivity contribution in [2.24, 2.45) is 0 Å². The fourth-order valence-corrected chi connectivity index (χ4v) is 4.74. The first-order chi connectivity index (χ1) is 15.2. The van der Waals surface area contributed by atoms with Crippen molar-refractivity contribution in [1.82, 2.24) is 20.0 Å². The van der Waals surface area contributed by atoms with Crippen LogP contribution in [-0.4, -0.2) is 51.4 Å². The van der Waals surface area contributed by atoms with E-state index in [1.54, 1.807) is 0 Å². The van der Waals surface area contributed by atoms with Crippen LogP contribution in [0.2, 0.25) is 0 Å². The molecule has 7 heteroatoms. The molecule has 1 aromatic carbocycles. The molecule has 1 aliphatic heterocycles. The summed E-state index contributed by atoms with van der Waals surface area (Å²) in [6, 6.07) is 8.11. The lowest BCUT2D eigenvalue weighted by Gasteiger charge is -2.35. The van der Waals surface area contributed by atoms with Gasteiger partial charge in [-0.15, -0.1) is 0 Å². The van der Waals surface area contributed by atoms with Gasteiger partial charge in [0.15, 0.2) is 5.69 Å². The average Bonchev–Trinajstić information content (AvgIpc) is 3.34. The first kappa shape index (κ1) is 22.4. The van der Waals surface area contributed by atoms with Crippen molar-refractivity contribution < 1.29 is 14.3 Å². The molecule has 2 aromatic rings. The molecule has 2 aliphatic rings. The van der Waals surface area contributed by atoms with Gasteiger partial charge in [0.05, 0.1) is 5.69 Å². The summed E-state index contributed by atoms with van der Waals surface area (Å²) in [4.78, 5) is 27.7. The molecule has 1 atom stereocenters. The molecule has 2 amide bonds. The third kappa shape index (κ3) is 4.66. The minimum Gasteiger partial charge on any atom is -0.444 e. The van der Waals surface area contributed by atoms with E-state index in [-0.39, 0.29) is 11.9 Å². The van der Waals surface area contributed by atoms with Gasteiger partial charge >= 0.3 is 6.09 Å². The Labute approximate surface area is 190 Å². The molecule has 0 saturated carbocycles. The number of amides is 2. The molecule has 172 valence electrons. The van der Waals surface area contributed by atoms with Crippen LogP contribution in [0.5, 0.6) is 0 Å². The number of rotatable bonds is 4. The Bertz CT molecular complexity index is 1010. The molecular formula is C25H34N4O3. The van der Waals surface area contributed by atoms with Gasteiger partial charge in [-0.1, -0.05) is 18.2 Å². The normalized spacial score (nSPS) is 18.4. The van der Waals surface area contributed by atoms with Gasteiger partial charge in [0.25, 0.3) is 5.91 Å². The molecule has 32 heavy (non-hydrogen) atoms. The lowest BCUT2D eigenvalue weighted by molar-refractivity contribution is 0.0460. The number of likely N-dealkylation sites (tertiary alicyclic amines) is 1. The molecule has 1 unspecified atom stereocenters. The second-order valence-electron chi connectivity index (χ2n) is 9.86. The highest BCUT2D eigenvalue weighted by Crippen LogP contribution is 2.30. The minimum absolute atomic E-state index is 0.0221. The van der Waals surface area contributed by atoms with Crippen LogP contribution in [0.25, 0.3) is 5.69 Å². The molecule has 1 fully saturated rings. The number of carbonyl (C=O) groups excluding carboxylic acids is 2. The quantitative estimate of drug-likeness (QED) is 0.777. The van der Waals surface area contributed by atoms with Crippen LogP contribution < -0.4 is 5.32 Å². The van der Waals surface area contributed by atoms with E-state index in [0.29, 0.717) is 18.8 Å². The Hall–Kier alpha value is -2.83. The maximum absolute atomic E-state index is 13.7. The van der Waals surface area contributed by atoms with Crippen molar-refractivity contribution in [2.45, 2.75) is 77.9 Å². The molecule has 1 aliphatic carbocycles. The predicted molar refractivity (Wildman–Crippen MR) is 123 cm³/mol. The fourth-order valence-electron chi connectivity index (χ4n) is 4.74. The van der Waals surface area contributed by atoms with Crippen molar-refractivity contribution in [3.05, 3.63) is 46.8 Å². The summed E-state index contributed by atoms with van der Waals surface area (Å²) >= 11 is 0. The number of hydrogen-bond donors (Lipinski definition) is 1. The Morgan fingerprint density at radius 1 is 1.16 bits per heavy atom. The van der Waals surface area contributed by atoms with Gasteiger partial charge in [-0.3, -0.25) is 4.79 Å². The van der Waals surface area contributed by atoms with Crippen LogP contribution in [0.1, 0.15) is 73.8 Å². The highest BCUT2D eigenvalue weighted by molar-refractivity contribution is 5.94. The van der Waals surface area contributed by atoms with Gasteiger partial charge in [-0.2, -0.15) is 5.10 Å². The number of ether oxygens (including phenoxy) is 1. The number of alkyl carbamates (subject to hydrolysis) is 1. The Morgan fingerprint density at radius 3 is 2.69 bits per heavy atom. The van der Waals surface area contributed by atoms with E-state index in [1.165, 1.54) is 0 Å². The van der Waals surface area contributed by atoms with Crippen LogP contribution in [0.4, 0.5) is 4.79 Å². The second-order valence-corrected chi connectivity index (χ2v) is 9.86. The highest BCUT2D eigenvalue weighted by atomic mass is 16.6. The largest absolute Gasteiger partial charge is 0.444 e. The molecule has 1 N–H and O–H groups in total. The number of nitrogens with zero attached hydrogens (tertiary/aromatic N) is 3. The van der Waals surface area contributed by atoms with Gasteiger partial charge < -0.3 is 15.0 Å². The molecule has 1 aromatic heterocycles. The molecule has 7 nitrogen and oxygen atoms in total. The monoisotopic (exact) mass is 438 g/mol. The topological polar surface area (TPSA) is 76.5 Å². The molecule has 2 heterocycles. The lowest BCUT2D eigenvalue weighted by atomic mass is 10.0. The summed E-state index contributed by atoms with van der Waals surface area (Å²) in [7, 11) is 0. The summed E-state index contributed by atoms with van der Waals surface area (Å²) in [5.74, 6) is -0.0221. The first-order valence-electron chi connectivity index (χ1n) is 11.7. The van der Waals surface area contributed by atoms with Crippen LogP contribution in [0, 0.1) is 6.92 Å². The van der Waals surface area contributed by atoms with Crippen LogP contribution in [-0.2, 0) is 17.6 Å². The third-order valence-corrected chi connectivity index (χ3v) is 6.25. The number of aryl methyl sites for hydroxylation is 1. The number of piperidine rings is 1. The number of nitrogens with one attached hydrogen (secondary N) is 1. The van der Waals surface area contributed by atoms with Crippen LogP contribution >= 0.6 is 0 Å². The SMILES string of the molecule is Cc1ccccc1-n1nc(C(=O)N2CCCCC2CNC(=O)OC(C)(C)C)c2c1CCC2. The maximum Gasteiger partial charge on any atom is 0.407 e. The van der Waals surface area contributed by atoms with E-state index in [0.717, 1.165) is 61.0 Å². The number of aromatic nitrogens is 2. The maximum atomic E-state index is 13.7. The van der Waals surface area contributed by atoms with Gasteiger partial charge in [-0.05, 0) is 77.8 Å². The van der Waals surface area contributed by atoms with Crippen molar-refractivity contribution in [1.29, 1.82) is 0 Å². The molecule has 1 saturated heterocycles. The van der Waals surface area contributed by atoms with E-state index >= 15 is 0 Å². The zero-order valence-corrected chi connectivity index (χ0v) is 19.6. The molecule has 0 radical (unpaired) electrons. The van der Waals surface area contributed by atoms with Crippen molar-refractivity contribution >= 4 is 12.0 Å². The standard InChI is InChI=1S/C25H34N4O3/c1-17-10-5-6-13-20(17)29-21-14-9-12-19(21)22(27-29)23(30)28-15-8-7-11-18(28)16-26-24(31)32-25(2,3)4/h5-6,10,13,18H,7-9,11-12,14-16H2,1-4H3,(H,26,31). The number of para-hydroxylation sites is 1. The summed E-state index contributed by atoms with van der Waals surface area (Å²) in [5, 5.41) is 7.69. The number of fused-ring (bicyclic) bond motifs is 1. The molecular weight excluding hydrogens is 404 g/mol. The summed E-state index contributed by atoms with van der Waals surface area (Å²) in [6.45, 7) is 8.67. The molecule has 0 spiro atoms. The van der Waals surface area contributed by atoms with Gasteiger partial charge in [0.2, 0.25) is 0 Å². The number of hydrogen-bond acceptors (Lipinski definition) is 4. The number of benzene rings is 1. The minimum atomic E-state index is -0.547.